The average Bonchev–Trinajstić information content (AvgIpc) is 2.31. The van der Waals surface area contributed by atoms with Gasteiger partial charge in [-0.15, -0.1) is 0 Å². The Morgan fingerprint density at radius 3 is 2.39 bits per heavy atom. The minimum absolute atomic E-state index is 0.259. The molecule has 18 heavy (non-hydrogen) atoms. The van der Waals surface area contributed by atoms with Gasteiger partial charge >= 0.3 is 6.09 Å². The number of nitriles is 1. The number of aryl methyl sites for hydroxylation is 2. The molecule has 0 aliphatic carbocycles. The lowest BCUT2D eigenvalue weighted by molar-refractivity contribution is 0.177. The van der Waals surface area contributed by atoms with Crippen LogP contribution in [0.4, 0.5) is 4.79 Å². The summed E-state index contributed by atoms with van der Waals surface area (Å²) >= 11 is 0. The van der Waals surface area contributed by atoms with Crippen LogP contribution in [0.25, 0.3) is 0 Å². The third kappa shape index (κ3) is 3.47. The molecule has 0 fully saturated rings. The molecule has 1 aromatic rings. The van der Waals surface area contributed by atoms with E-state index in [0.717, 1.165) is 16.7 Å². The molecule has 1 aromatic carbocycles. The van der Waals surface area contributed by atoms with Crippen molar-refractivity contribution in [1.29, 1.82) is 5.26 Å². The Balaban J connectivity index is 2.96. The van der Waals surface area contributed by atoms with Gasteiger partial charge in [-0.2, -0.15) is 5.26 Å². The molecule has 1 rings (SSSR count). The van der Waals surface area contributed by atoms with Crippen molar-refractivity contribution in [3.05, 3.63) is 34.4 Å². The van der Waals surface area contributed by atoms with Crippen LogP contribution in [-0.4, -0.2) is 29.0 Å². The van der Waals surface area contributed by atoms with E-state index in [2.05, 4.69) is 11.4 Å². The largest absolute Gasteiger partial charge is 0.465 e. The summed E-state index contributed by atoms with van der Waals surface area (Å²) in [5.74, 6) is 0. The second-order valence-electron chi connectivity index (χ2n) is 4.23. The first kappa shape index (κ1) is 14.0. The van der Waals surface area contributed by atoms with Crippen molar-refractivity contribution in [3.63, 3.8) is 0 Å². The molecule has 3 N–H and O–H groups in total. The first-order valence-electron chi connectivity index (χ1n) is 5.58. The molecule has 0 aliphatic rings. The zero-order valence-electron chi connectivity index (χ0n) is 10.4. The van der Waals surface area contributed by atoms with Crippen molar-refractivity contribution in [3.8, 4) is 6.07 Å². The van der Waals surface area contributed by atoms with Gasteiger partial charge in [-0.1, -0.05) is 0 Å². The molecule has 1 amide bonds. The highest BCUT2D eigenvalue weighted by Crippen LogP contribution is 2.18. The van der Waals surface area contributed by atoms with Crippen LogP contribution in [0.3, 0.4) is 0 Å². The average molecular weight is 248 g/mol. The summed E-state index contributed by atoms with van der Waals surface area (Å²) in [5.41, 5.74) is 3.40. The second kappa shape index (κ2) is 6.03. The number of aliphatic hydroxyl groups excluding tert-OH is 1. The molecule has 5 heteroatoms. The zero-order chi connectivity index (χ0) is 13.7. The maximum absolute atomic E-state index is 10.6. The van der Waals surface area contributed by atoms with Crippen LogP contribution in [0.15, 0.2) is 12.1 Å². The summed E-state index contributed by atoms with van der Waals surface area (Å²) in [5, 5.41) is 28.9. The van der Waals surface area contributed by atoms with Crippen LogP contribution in [0.2, 0.25) is 0 Å². The third-order valence-electron chi connectivity index (χ3n) is 2.82. The molecular formula is C13H16N2O3. The Morgan fingerprint density at radius 2 is 2.00 bits per heavy atom. The quantitative estimate of drug-likeness (QED) is 0.749. The van der Waals surface area contributed by atoms with Gasteiger partial charge in [0.2, 0.25) is 0 Å². The fourth-order valence-electron chi connectivity index (χ4n) is 1.96. The topological polar surface area (TPSA) is 93.4 Å². The van der Waals surface area contributed by atoms with E-state index in [9.17, 15) is 4.79 Å². The monoisotopic (exact) mass is 248 g/mol. The predicted molar refractivity (Wildman–Crippen MR) is 66.4 cm³/mol. The Kier molecular flexibility index (Phi) is 4.69. The Labute approximate surface area is 106 Å². The van der Waals surface area contributed by atoms with E-state index < -0.39 is 12.1 Å². The van der Waals surface area contributed by atoms with Crippen LogP contribution < -0.4 is 5.32 Å². The molecule has 0 spiro atoms. The van der Waals surface area contributed by atoms with E-state index >= 15 is 0 Å². The van der Waals surface area contributed by atoms with Crippen molar-refractivity contribution < 1.29 is 15.0 Å². The molecule has 0 heterocycles. The number of rotatable bonds is 4. The summed E-state index contributed by atoms with van der Waals surface area (Å²) in [6.45, 7) is 3.49. The summed E-state index contributed by atoms with van der Waals surface area (Å²) in [6, 6.07) is 5.06. The van der Waals surface area contributed by atoms with Crippen LogP contribution in [0, 0.1) is 25.2 Å². The van der Waals surface area contributed by atoms with Crippen molar-refractivity contribution in [2.75, 3.05) is 6.61 Å². The van der Waals surface area contributed by atoms with E-state index in [1.807, 2.05) is 13.8 Å². The number of benzene rings is 1. The maximum Gasteiger partial charge on any atom is 0.404 e. The van der Waals surface area contributed by atoms with Crippen molar-refractivity contribution in [2.24, 2.45) is 0 Å². The molecule has 1 unspecified atom stereocenters. The highest BCUT2D eigenvalue weighted by atomic mass is 16.4. The smallest absolute Gasteiger partial charge is 0.404 e. The van der Waals surface area contributed by atoms with Gasteiger partial charge in [0.15, 0.2) is 0 Å². The number of hydrogen-bond acceptors (Lipinski definition) is 3. The van der Waals surface area contributed by atoms with Gasteiger partial charge in [0, 0.05) is 0 Å². The second-order valence-corrected chi connectivity index (χ2v) is 4.23. The van der Waals surface area contributed by atoms with E-state index in [0.29, 0.717) is 12.0 Å². The highest BCUT2D eigenvalue weighted by molar-refractivity contribution is 5.65. The van der Waals surface area contributed by atoms with Crippen molar-refractivity contribution in [1.82, 2.24) is 5.32 Å². The van der Waals surface area contributed by atoms with Gasteiger partial charge in [-0.3, -0.25) is 0 Å². The molecule has 5 nitrogen and oxygen atoms in total. The zero-order valence-corrected chi connectivity index (χ0v) is 10.4. The number of amides is 1. The minimum atomic E-state index is -1.15. The molecule has 96 valence electrons. The van der Waals surface area contributed by atoms with E-state index in [4.69, 9.17) is 15.5 Å². The molecule has 0 saturated carbocycles. The standard InChI is InChI=1S/C13H16N2O3/c1-8-3-10(6-14)4-9(2)12(8)5-11(7-16)15-13(17)18/h3-4,11,15-16H,5,7H2,1-2H3,(H,17,18). The Bertz CT molecular complexity index is 468. The fourth-order valence-corrected chi connectivity index (χ4v) is 1.96. The van der Waals surface area contributed by atoms with E-state index in [1.54, 1.807) is 12.1 Å². The molecule has 0 saturated heterocycles. The van der Waals surface area contributed by atoms with Gasteiger partial charge in [0.1, 0.15) is 0 Å². The highest BCUT2D eigenvalue weighted by Gasteiger charge is 2.14. The van der Waals surface area contributed by atoms with E-state index in [1.165, 1.54) is 0 Å². The molecule has 0 radical (unpaired) electrons. The van der Waals surface area contributed by atoms with Gasteiger partial charge in [0.25, 0.3) is 0 Å². The van der Waals surface area contributed by atoms with Crippen LogP contribution in [0.1, 0.15) is 22.3 Å². The summed E-state index contributed by atoms with van der Waals surface area (Å²) in [7, 11) is 0. The number of aliphatic hydroxyl groups is 1. The van der Waals surface area contributed by atoms with Gasteiger partial charge in [0.05, 0.1) is 24.3 Å². The Morgan fingerprint density at radius 1 is 1.44 bits per heavy atom. The van der Waals surface area contributed by atoms with Crippen LogP contribution >= 0.6 is 0 Å². The lowest BCUT2D eigenvalue weighted by Crippen LogP contribution is -2.38. The number of nitrogens with one attached hydrogen (secondary N) is 1. The van der Waals surface area contributed by atoms with E-state index in [-0.39, 0.29) is 6.61 Å². The normalized spacial score (nSPS) is 11.7. The summed E-state index contributed by atoms with van der Waals surface area (Å²) in [4.78, 5) is 10.6. The first-order chi connectivity index (χ1) is 8.47. The number of carboxylic acid groups (broad SMARTS) is 1. The van der Waals surface area contributed by atoms with Crippen molar-refractivity contribution in [2.45, 2.75) is 26.3 Å². The maximum atomic E-state index is 10.6. The van der Waals surface area contributed by atoms with Crippen LogP contribution in [-0.2, 0) is 6.42 Å². The van der Waals surface area contributed by atoms with Gasteiger partial charge in [-0.25, -0.2) is 4.79 Å². The SMILES string of the molecule is Cc1cc(C#N)cc(C)c1CC(CO)NC(=O)O. The van der Waals surface area contributed by atoms with Crippen LogP contribution in [0.5, 0.6) is 0 Å². The predicted octanol–water partition coefficient (Wildman–Crippen LogP) is 1.35. The van der Waals surface area contributed by atoms with Crippen molar-refractivity contribution >= 4 is 6.09 Å². The molecule has 0 aromatic heterocycles. The Hall–Kier alpha value is -2.06. The lowest BCUT2D eigenvalue weighted by Gasteiger charge is -2.17. The molecule has 0 bridgehead atoms. The lowest BCUT2D eigenvalue weighted by atomic mass is 9.94. The third-order valence-corrected chi connectivity index (χ3v) is 2.82. The number of hydrogen-bond donors (Lipinski definition) is 3. The fraction of sp³-hybridized carbons (Fsp3) is 0.385. The minimum Gasteiger partial charge on any atom is -0.465 e. The summed E-state index contributed by atoms with van der Waals surface area (Å²) in [6.07, 6.45) is -0.746. The number of nitrogens with zero attached hydrogens (tertiary/aromatic N) is 1. The first-order valence-corrected chi connectivity index (χ1v) is 5.58. The molecular weight excluding hydrogens is 232 g/mol. The number of carbonyl (C=O) groups is 1. The van der Waals surface area contributed by atoms with Gasteiger partial charge in [-0.05, 0) is 49.1 Å². The summed E-state index contributed by atoms with van der Waals surface area (Å²) < 4.78 is 0. The molecule has 1 atom stereocenters. The molecule has 0 aliphatic heterocycles. The van der Waals surface area contributed by atoms with Gasteiger partial charge < -0.3 is 15.5 Å².